The quantitative estimate of drug-likeness (QED) is 0.395. The second kappa shape index (κ2) is 12.4. The first kappa shape index (κ1) is 32.9. The summed E-state index contributed by atoms with van der Waals surface area (Å²) in [5.41, 5.74) is 0.718. The molecule has 1 saturated carbocycles. The molecule has 5 rings (SSSR count). The van der Waals surface area contributed by atoms with Crippen molar-refractivity contribution in [3.8, 4) is 0 Å². The van der Waals surface area contributed by atoms with Crippen LogP contribution < -0.4 is 5.32 Å². The topological polar surface area (TPSA) is 119 Å². The predicted octanol–water partition coefficient (Wildman–Crippen LogP) is 5.90. The van der Waals surface area contributed by atoms with Crippen LogP contribution in [0.3, 0.4) is 0 Å². The average Bonchev–Trinajstić information content (AvgIpc) is 3.58. The first-order valence-corrected chi connectivity index (χ1v) is 16.2. The number of hydrogen-bond donors (Lipinski definition) is 2. The van der Waals surface area contributed by atoms with Gasteiger partial charge < -0.3 is 15.1 Å². The number of nitrogens with one attached hydrogen (secondary N) is 2. The van der Waals surface area contributed by atoms with Gasteiger partial charge in [0.1, 0.15) is 5.66 Å². The van der Waals surface area contributed by atoms with Gasteiger partial charge in [-0.25, -0.2) is 13.8 Å². The molecule has 0 unspecified atom stereocenters. The van der Waals surface area contributed by atoms with Crippen molar-refractivity contribution < 1.29 is 18.4 Å². The third-order valence-corrected chi connectivity index (χ3v) is 9.71. The van der Waals surface area contributed by atoms with Gasteiger partial charge in [0.25, 0.3) is 17.7 Å². The number of rotatable bonds is 7. The number of tetrazole rings is 1. The Labute approximate surface area is 264 Å². The van der Waals surface area contributed by atoms with Crippen molar-refractivity contribution >= 4 is 17.6 Å². The number of aromatic amines is 1. The first-order chi connectivity index (χ1) is 21.1. The van der Waals surface area contributed by atoms with Crippen LogP contribution in [0.2, 0.25) is 0 Å². The van der Waals surface area contributed by atoms with E-state index in [2.05, 4.69) is 67.5 Å². The van der Waals surface area contributed by atoms with Crippen LogP contribution in [0.5, 0.6) is 0 Å². The lowest BCUT2D eigenvalue weighted by Crippen LogP contribution is -2.53. The standard InChI is InChI=1S/C33H48F2N8O2/c1-30(2,3)16-14-25(22-8-10-23(11-9-22)28(44)36-20-26-38-40-41-39-26)43-29(45)27(42-19-7-15-32(34,35)21-42)37-33(43)17-12-24(13-18-33)31(4,5)6/h8-11,24-25H,7,12-21H2,1-6H3,(H,36,44)(H,38,39,40,41)/t24?,25-,33?/m1/s1. The fraction of sp³-hybridized carbons (Fsp3) is 0.697. The summed E-state index contributed by atoms with van der Waals surface area (Å²) in [5, 5.41) is 16.4. The zero-order valence-corrected chi connectivity index (χ0v) is 27.5. The number of carbonyl (C=O) groups is 2. The molecule has 1 spiro atoms. The van der Waals surface area contributed by atoms with Crippen molar-refractivity contribution in [2.45, 2.75) is 117 Å². The SMILES string of the molecule is CC(C)(C)CC[C@H](c1ccc(C(=O)NCc2nn[nH]n2)cc1)N1C(=O)C(N2CCCC(F)(F)C2)=NC12CCC(C(C)(C)C)CC2. The number of carbonyl (C=O) groups excluding carboxylic acids is 2. The second-order valence-electron chi connectivity index (χ2n) is 15.4. The van der Waals surface area contributed by atoms with E-state index in [4.69, 9.17) is 4.99 Å². The maximum absolute atomic E-state index is 14.6. The Bertz CT molecular complexity index is 1370. The van der Waals surface area contributed by atoms with E-state index in [0.29, 0.717) is 49.5 Å². The van der Waals surface area contributed by atoms with Crippen molar-refractivity contribution in [1.29, 1.82) is 0 Å². The van der Waals surface area contributed by atoms with Gasteiger partial charge in [-0.2, -0.15) is 5.21 Å². The molecule has 1 aromatic heterocycles. The van der Waals surface area contributed by atoms with E-state index in [1.165, 1.54) is 4.90 Å². The van der Waals surface area contributed by atoms with Crippen LogP contribution in [0.1, 0.15) is 121 Å². The second-order valence-corrected chi connectivity index (χ2v) is 15.4. The Hall–Kier alpha value is -3.44. The monoisotopic (exact) mass is 626 g/mol. The molecule has 246 valence electrons. The Morgan fingerprint density at radius 3 is 2.36 bits per heavy atom. The lowest BCUT2D eigenvalue weighted by Gasteiger charge is -2.47. The molecule has 0 radical (unpaired) electrons. The zero-order chi connectivity index (χ0) is 32.6. The summed E-state index contributed by atoms with van der Waals surface area (Å²) in [6.07, 6.45) is 4.87. The Kier molecular flexibility index (Phi) is 9.07. The highest BCUT2D eigenvalue weighted by Gasteiger charge is 2.54. The maximum atomic E-state index is 14.6. The molecule has 10 nitrogen and oxygen atoms in total. The van der Waals surface area contributed by atoms with Crippen LogP contribution >= 0.6 is 0 Å². The van der Waals surface area contributed by atoms with Gasteiger partial charge in [0, 0.05) is 18.5 Å². The molecule has 3 heterocycles. The summed E-state index contributed by atoms with van der Waals surface area (Å²) < 4.78 is 29.2. The summed E-state index contributed by atoms with van der Waals surface area (Å²) in [4.78, 5) is 36.0. The van der Waals surface area contributed by atoms with Gasteiger partial charge in [0.15, 0.2) is 11.7 Å². The van der Waals surface area contributed by atoms with Crippen molar-refractivity contribution in [2.75, 3.05) is 13.1 Å². The minimum Gasteiger partial charge on any atom is -0.346 e. The predicted molar refractivity (Wildman–Crippen MR) is 167 cm³/mol. The minimum atomic E-state index is -2.85. The van der Waals surface area contributed by atoms with Crippen LogP contribution in [0.4, 0.5) is 8.78 Å². The smallest absolute Gasteiger partial charge is 0.291 e. The molecule has 1 saturated heterocycles. The molecule has 1 aromatic carbocycles. The van der Waals surface area contributed by atoms with Crippen molar-refractivity contribution in [3.05, 3.63) is 41.2 Å². The van der Waals surface area contributed by atoms with Crippen molar-refractivity contribution in [3.63, 3.8) is 0 Å². The molecular formula is C33H48F2N8O2. The Balaban J connectivity index is 1.47. The summed E-state index contributed by atoms with van der Waals surface area (Å²) in [6.45, 7) is 13.3. The van der Waals surface area contributed by atoms with E-state index in [1.54, 1.807) is 12.1 Å². The summed E-state index contributed by atoms with van der Waals surface area (Å²) in [6, 6.07) is 7.02. The molecular weight excluding hydrogens is 578 g/mol. The average molecular weight is 627 g/mol. The summed E-state index contributed by atoms with van der Waals surface area (Å²) >= 11 is 0. The number of aliphatic imine (C=N–C) groups is 1. The number of piperidine rings is 1. The number of H-pyrrole nitrogens is 1. The van der Waals surface area contributed by atoms with Gasteiger partial charge in [-0.05, 0) is 79.4 Å². The normalized spacial score (nSPS) is 24.6. The number of benzene rings is 1. The van der Waals surface area contributed by atoms with Crippen molar-refractivity contribution in [2.24, 2.45) is 21.7 Å². The number of halogens is 2. The lowest BCUT2D eigenvalue weighted by molar-refractivity contribution is -0.134. The number of amides is 2. The van der Waals surface area contributed by atoms with E-state index < -0.39 is 18.1 Å². The lowest BCUT2D eigenvalue weighted by atomic mass is 9.69. The first-order valence-electron chi connectivity index (χ1n) is 16.2. The van der Waals surface area contributed by atoms with Gasteiger partial charge in [-0.15, -0.1) is 10.2 Å². The largest absolute Gasteiger partial charge is 0.346 e. The molecule has 2 aromatic rings. The summed E-state index contributed by atoms with van der Waals surface area (Å²) in [5.74, 6) is -2.34. The van der Waals surface area contributed by atoms with E-state index in [9.17, 15) is 18.4 Å². The number of aromatic nitrogens is 4. The maximum Gasteiger partial charge on any atom is 0.291 e. The summed E-state index contributed by atoms with van der Waals surface area (Å²) in [7, 11) is 0. The van der Waals surface area contributed by atoms with Gasteiger partial charge in [-0.3, -0.25) is 9.59 Å². The van der Waals surface area contributed by atoms with Gasteiger partial charge >= 0.3 is 0 Å². The molecule has 12 heteroatoms. The third kappa shape index (κ3) is 7.52. The van der Waals surface area contributed by atoms with Gasteiger partial charge in [-0.1, -0.05) is 58.9 Å². The third-order valence-electron chi connectivity index (χ3n) is 9.71. The van der Waals surface area contributed by atoms with Crippen LogP contribution in [-0.2, 0) is 11.3 Å². The van der Waals surface area contributed by atoms with E-state index in [0.717, 1.165) is 24.8 Å². The molecule has 1 aliphatic carbocycles. The van der Waals surface area contributed by atoms with Crippen LogP contribution in [0, 0.1) is 16.7 Å². The number of hydrogen-bond acceptors (Lipinski definition) is 7. The van der Waals surface area contributed by atoms with Crippen molar-refractivity contribution in [1.82, 2.24) is 35.7 Å². The highest BCUT2D eigenvalue weighted by molar-refractivity contribution is 6.39. The zero-order valence-electron chi connectivity index (χ0n) is 27.5. The molecule has 2 fully saturated rings. The van der Waals surface area contributed by atoms with Crippen LogP contribution in [0.25, 0.3) is 0 Å². The van der Waals surface area contributed by atoms with Crippen LogP contribution in [0.15, 0.2) is 29.3 Å². The highest BCUT2D eigenvalue weighted by Crippen LogP contribution is 2.50. The van der Waals surface area contributed by atoms with E-state index in [-0.39, 0.29) is 47.5 Å². The number of likely N-dealkylation sites (tertiary alicyclic amines) is 1. The van der Waals surface area contributed by atoms with Gasteiger partial charge in [0.05, 0.1) is 19.1 Å². The molecule has 2 aliphatic heterocycles. The molecule has 2 N–H and O–H groups in total. The molecule has 3 aliphatic rings. The Morgan fingerprint density at radius 2 is 1.78 bits per heavy atom. The molecule has 0 bridgehead atoms. The number of nitrogens with zero attached hydrogens (tertiary/aromatic N) is 6. The van der Waals surface area contributed by atoms with Gasteiger partial charge in [0.2, 0.25) is 0 Å². The Morgan fingerprint density at radius 1 is 1.09 bits per heavy atom. The number of amidine groups is 1. The highest BCUT2D eigenvalue weighted by atomic mass is 19.3. The molecule has 45 heavy (non-hydrogen) atoms. The molecule has 2 amide bonds. The fourth-order valence-electron chi connectivity index (χ4n) is 7.07. The molecule has 1 atom stereocenters. The number of alkyl halides is 2. The van der Waals surface area contributed by atoms with Crippen LogP contribution in [-0.4, -0.2) is 72.7 Å². The van der Waals surface area contributed by atoms with E-state index >= 15 is 0 Å². The van der Waals surface area contributed by atoms with E-state index in [1.807, 2.05) is 17.0 Å². The minimum absolute atomic E-state index is 0.00563. The fourth-order valence-corrected chi connectivity index (χ4v) is 7.07.